The number of likely N-dealkylation sites (tertiary alicyclic amines) is 1. The maximum absolute atomic E-state index is 12.5. The molecule has 9 nitrogen and oxygen atoms in total. The first-order valence-corrected chi connectivity index (χ1v) is 15.7. The quantitative estimate of drug-likeness (QED) is 0.137. The minimum Gasteiger partial charge on any atom is -0.488 e. The monoisotopic (exact) mass is 670 g/mol. The zero-order valence-corrected chi connectivity index (χ0v) is 27.0. The Morgan fingerprint density at radius 3 is 2.54 bits per heavy atom. The van der Waals surface area contributed by atoms with E-state index in [1.54, 1.807) is 24.3 Å². The van der Waals surface area contributed by atoms with Gasteiger partial charge in [0.2, 0.25) is 0 Å². The SMILES string of the molecule is C.[C-]#[N+]c1cccc(COc2cc(OCc3cccc(-c4ccc5c(c4)OCCO5)c3C)c(Cl)cc2CN2C[C@H](O)C[C@@H]2C(=O)OC)c1. The molecule has 2 heterocycles. The smallest absolute Gasteiger partial charge is 0.323 e. The van der Waals surface area contributed by atoms with Gasteiger partial charge in [-0.25, -0.2) is 4.85 Å². The molecule has 0 spiro atoms. The van der Waals surface area contributed by atoms with E-state index in [0.29, 0.717) is 48.5 Å². The highest BCUT2D eigenvalue weighted by atomic mass is 35.5. The number of aliphatic hydroxyl groups is 1. The normalized spacial score (nSPS) is 16.8. The maximum Gasteiger partial charge on any atom is 0.323 e. The van der Waals surface area contributed by atoms with E-state index >= 15 is 0 Å². The van der Waals surface area contributed by atoms with Crippen molar-refractivity contribution in [2.24, 2.45) is 0 Å². The van der Waals surface area contributed by atoms with Crippen LogP contribution < -0.4 is 18.9 Å². The fourth-order valence-corrected chi connectivity index (χ4v) is 6.24. The Hall–Kier alpha value is -4.75. The summed E-state index contributed by atoms with van der Waals surface area (Å²) in [6.07, 6.45) is -0.370. The third kappa shape index (κ3) is 7.69. The topological polar surface area (TPSA) is 91.0 Å². The molecule has 0 amide bonds. The molecular weight excluding hydrogens is 632 g/mol. The lowest BCUT2D eigenvalue weighted by molar-refractivity contribution is -0.146. The molecule has 0 bridgehead atoms. The number of methoxy groups -OCH3 is 1. The van der Waals surface area contributed by atoms with Gasteiger partial charge >= 0.3 is 5.97 Å². The molecule has 6 rings (SSSR count). The average molecular weight is 671 g/mol. The van der Waals surface area contributed by atoms with Crippen molar-refractivity contribution in [3.8, 4) is 34.1 Å². The van der Waals surface area contributed by atoms with Gasteiger partial charge in [-0.05, 0) is 59.0 Å². The maximum atomic E-state index is 12.5. The number of rotatable bonds is 10. The number of halogens is 1. The highest BCUT2D eigenvalue weighted by molar-refractivity contribution is 6.32. The second-order valence-corrected chi connectivity index (χ2v) is 12.0. The molecule has 2 aliphatic rings. The molecule has 2 aliphatic heterocycles. The van der Waals surface area contributed by atoms with Crippen LogP contribution in [-0.2, 0) is 29.3 Å². The zero-order valence-electron chi connectivity index (χ0n) is 26.2. The number of fused-ring (bicyclic) bond motifs is 1. The standard InChI is InChI=1S/C37H35ClN2O7.CH4/c1-23-26(7-5-9-30(23)25-10-11-33-36(16-25)45-13-12-44-33)22-47-35-18-34(46-21-24-6-4-8-28(14-24)39-2)27(15-31(35)38)19-40-20-29(41)17-32(40)37(42)43-3;/h4-11,14-16,18,29,32,41H,12-13,17,19-22H2,1,3H3;1H4/t29-,32-;/m1./s1. The summed E-state index contributed by atoms with van der Waals surface area (Å²) < 4.78 is 29.1. The number of benzene rings is 4. The van der Waals surface area contributed by atoms with E-state index < -0.39 is 18.1 Å². The van der Waals surface area contributed by atoms with Crippen LogP contribution in [0.2, 0.25) is 5.02 Å². The Bertz CT molecular complexity index is 1820. The van der Waals surface area contributed by atoms with Gasteiger partial charge in [0.15, 0.2) is 17.2 Å². The fraction of sp³-hybridized carbons (Fsp3) is 0.316. The van der Waals surface area contributed by atoms with Gasteiger partial charge in [0.25, 0.3) is 0 Å². The van der Waals surface area contributed by atoms with Gasteiger partial charge in [-0.3, -0.25) is 9.69 Å². The molecule has 1 fully saturated rings. The Morgan fingerprint density at radius 2 is 1.75 bits per heavy atom. The lowest BCUT2D eigenvalue weighted by Crippen LogP contribution is -2.36. The molecule has 1 N–H and O–H groups in total. The van der Waals surface area contributed by atoms with Gasteiger partial charge in [0, 0.05) is 31.1 Å². The summed E-state index contributed by atoms with van der Waals surface area (Å²) in [5, 5.41) is 10.7. The summed E-state index contributed by atoms with van der Waals surface area (Å²) in [6, 6.07) is 22.2. The lowest BCUT2D eigenvalue weighted by atomic mass is 9.96. The Morgan fingerprint density at radius 1 is 0.979 bits per heavy atom. The van der Waals surface area contributed by atoms with Crippen LogP contribution in [0.5, 0.6) is 23.0 Å². The second kappa shape index (κ2) is 15.4. The van der Waals surface area contributed by atoms with Crippen LogP contribution in [0.1, 0.15) is 36.1 Å². The van der Waals surface area contributed by atoms with Gasteiger partial charge in [-0.15, -0.1) is 0 Å². The van der Waals surface area contributed by atoms with Crippen LogP contribution >= 0.6 is 11.6 Å². The van der Waals surface area contributed by atoms with E-state index in [1.807, 2.05) is 47.4 Å². The van der Waals surface area contributed by atoms with Crippen LogP contribution in [0.25, 0.3) is 16.0 Å². The number of β-amino-alcohol motifs (C(OH)–C–C–N with tert-alkyl or cyclic N) is 1. The highest BCUT2D eigenvalue weighted by Crippen LogP contribution is 2.38. The Labute approximate surface area is 286 Å². The Kier molecular flexibility index (Phi) is 11.1. The second-order valence-electron chi connectivity index (χ2n) is 11.6. The molecule has 10 heteroatoms. The molecule has 0 radical (unpaired) electrons. The lowest BCUT2D eigenvalue weighted by Gasteiger charge is -2.24. The number of ether oxygens (including phenoxy) is 5. The molecule has 0 saturated carbocycles. The van der Waals surface area contributed by atoms with Crippen molar-refractivity contribution in [1.29, 1.82) is 0 Å². The molecule has 4 aromatic rings. The first-order chi connectivity index (χ1) is 22.8. The number of esters is 1. The fourth-order valence-electron chi connectivity index (χ4n) is 5.99. The van der Waals surface area contributed by atoms with Crippen molar-refractivity contribution < 1.29 is 33.6 Å². The van der Waals surface area contributed by atoms with Crippen molar-refractivity contribution in [2.45, 2.75) is 52.7 Å². The summed E-state index contributed by atoms with van der Waals surface area (Å²) in [4.78, 5) is 17.9. The van der Waals surface area contributed by atoms with Gasteiger partial charge < -0.3 is 28.8 Å². The van der Waals surface area contributed by atoms with Crippen molar-refractivity contribution >= 4 is 23.3 Å². The van der Waals surface area contributed by atoms with Gasteiger partial charge in [-0.2, -0.15) is 0 Å². The average Bonchev–Trinajstić information content (AvgIpc) is 3.46. The van der Waals surface area contributed by atoms with Crippen LogP contribution in [0, 0.1) is 13.5 Å². The number of carbonyl (C=O) groups excluding carboxylic acids is 1. The first kappa shape index (κ1) is 34.6. The predicted octanol–water partition coefficient (Wildman–Crippen LogP) is 7.54. The largest absolute Gasteiger partial charge is 0.488 e. The number of hydrogen-bond donors (Lipinski definition) is 1. The van der Waals surface area contributed by atoms with Crippen LogP contribution in [0.4, 0.5) is 5.69 Å². The van der Waals surface area contributed by atoms with Crippen LogP contribution in [0.15, 0.2) is 72.8 Å². The zero-order chi connectivity index (χ0) is 32.9. The number of hydrogen-bond acceptors (Lipinski definition) is 8. The van der Waals surface area contributed by atoms with Crippen molar-refractivity contribution in [2.75, 3.05) is 26.9 Å². The first-order valence-electron chi connectivity index (χ1n) is 15.4. The minimum atomic E-state index is -0.654. The van der Waals surface area contributed by atoms with E-state index in [1.165, 1.54) is 7.11 Å². The van der Waals surface area contributed by atoms with E-state index in [9.17, 15) is 9.90 Å². The molecule has 48 heavy (non-hydrogen) atoms. The Balaban J connectivity index is 0.00000451. The van der Waals surface area contributed by atoms with Gasteiger partial charge in [-0.1, -0.05) is 61.5 Å². The number of nitrogens with zero attached hydrogens (tertiary/aromatic N) is 2. The third-order valence-electron chi connectivity index (χ3n) is 8.46. The van der Waals surface area contributed by atoms with E-state index in [0.717, 1.165) is 44.9 Å². The van der Waals surface area contributed by atoms with E-state index in [-0.39, 0.29) is 27.1 Å². The molecular formula is C38H39ClN2O7. The summed E-state index contributed by atoms with van der Waals surface area (Å²) in [5.41, 5.74) is 6.21. The molecule has 2 atom stereocenters. The summed E-state index contributed by atoms with van der Waals surface area (Å²) in [7, 11) is 1.34. The van der Waals surface area contributed by atoms with Crippen molar-refractivity contribution in [3.63, 3.8) is 0 Å². The molecule has 0 aliphatic carbocycles. The predicted molar refractivity (Wildman–Crippen MR) is 184 cm³/mol. The van der Waals surface area contributed by atoms with Crippen LogP contribution in [0.3, 0.4) is 0 Å². The molecule has 1 saturated heterocycles. The van der Waals surface area contributed by atoms with E-state index in [4.69, 9.17) is 41.9 Å². The number of aliphatic hydroxyl groups excluding tert-OH is 1. The summed E-state index contributed by atoms with van der Waals surface area (Å²) >= 11 is 6.80. The molecule has 0 aromatic heterocycles. The van der Waals surface area contributed by atoms with Gasteiger partial charge in [0.1, 0.15) is 44.0 Å². The third-order valence-corrected chi connectivity index (χ3v) is 8.75. The minimum absolute atomic E-state index is 0. The van der Waals surface area contributed by atoms with Crippen molar-refractivity contribution in [1.82, 2.24) is 4.90 Å². The summed E-state index contributed by atoms with van der Waals surface area (Å²) in [5.74, 6) is 2.03. The molecule has 4 aromatic carbocycles. The number of carbonyl (C=O) groups is 1. The molecule has 0 unspecified atom stereocenters. The van der Waals surface area contributed by atoms with E-state index in [2.05, 4.69) is 17.8 Å². The van der Waals surface area contributed by atoms with Gasteiger partial charge in [0.05, 0.1) is 24.8 Å². The van der Waals surface area contributed by atoms with Crippen LogP contribution in [-0.4, -0.2) is 55.0 Å². The molecule has 250 valence electrons. The summed E-state index contributed by atoms with van der Waals surface area (Å²) in [6.45, 7) is 11.5. The highest BCUT2D eigenvalue weighted by Gasteiger charge is 2.37. The van der Waals surface area contributed by atoms with Crippen molar-refractivity contribution in [3.05, 3.63) is 111 Å².